The molecular formula is C18H12Cl3NO2S. The van der Waals surface area contributed by atoms with Crippen LogP contribution in [0.5, 0.6) is 0 Å². The molecule has 0 aliphatic carbocycles. The summed E-state index contributed by atoms with van der Waals surface area (Å²) in [6.07, 6.45) is 0. The monoisotopic (exact) mass is 411 g/mol. The van der Waals surface area contributed by atoms with E-state index in [4.69, 9.17) is 34.8 Å². The van der Waals surface area contributed by atoms with Crippen LogP contribution in [0.3, 0.4) is 0 Å². The van der Waals surface area contributed by atoms with Gasteiger partial charge < -0.3 is 0 Å². The molecule has 0 saturated carbocycles. The van der Waals surface area contributed by atoms with Crippen LogP contribution in [0.15, 0.2) is 71.6 Å². The molecule has 0 heterocycles. The lowest BCUT2D eigenvalue weighted by Gasteiger charge is -2.14. The highest BCUT2D eigenvalue weighted by molar-refractivity contribution is 7.92. The first-order valence-corrected chi connectivity index (χ1v) is 9.81. The highest BCUT2D eigenvalue weighted by Gasteiger charge is 2.18. The molecule has 3 nitrogen and oxygen atoms in total. The highest BCUT2D eigenvalue weighted by Crippen LogP contribution is 2.33. The van der Waals surface area contributed by atoms with Crippen molar-refractivity contribution in [2.45, 2.75) is 4.90 Å². The third-order valence-corrected chi connectivity index (χ3v) is 5.85. The minimum Gasteiger partial charge on any atom is -0.279 e. The standard InChI is InChI=1S/C18H12Cl3NO2S/c19-13-6-9-18(15(10-13)12-4-2-1-3-5-12)22-25(23,24)14-7-8-16(20)17(21)11-14/h1-11,22H. The first-order valence-electron chi connectivity index (χ1n) is 7.20. The van der Waals surface area contributed by atoms with Crippen LogP contribution in [0.4, 0.5) is 5.69 Å². The topological polar surface area (TPSA) is 46.2 Å². The lowest BCUT2D eigenvalue weighted by atomic mass is 10.0. The molecule has 0 atom stereocenters. The van der Waals surface area contributed by atoms with Crippen LogP contribution >= 0.6 is 34.8 Å². The average molecular weight is 413 g/mol. The van der Waals surface area contributed by atoms with Gasteiger partial charge in [0.15, 0.2) is 0 Å². The van der Waals surface area contributed by atoms with Crippen molar-refractivity contribution < 1.29 is 8.42 Å². The van der Waals surface area contributed by atoms with Crippen LogP contribution in [-0.2, 0) is 10.0 Å². The highest BCUT2D eigenvalue weighted by atomic mass is 35.5. The van der Waals surface area contributed by atoms with Crippen molar-refractivity contribution >= 4 is 50.5 Å². The van der Waals surface area contributed by atoms with Crippen LogP contribution in [-0.4, -0.2) is 8.42 Å². The van der Waals surface area contributed by atoms with Gasteiger partial charge in [0.2, 0.25) is 0 Å². The number of hydrogen-bond donors (Lipinski definition) is 1. The fraction of sp³-hybridized carbons (Fsp3) is 0. The Bertz CT molecular complexity index is 1020. The maximum absolute atomic E-state index is 12.7. The quantitative estimate of drug-likeness (QED) is 0.561. The number of sulfonamides is 1. The van der Waals surface area contributed by atoms with Crippen LogP contribution in [0.25, 0.3) is 11.1 Å². The van der Waals surface area contributed by atoms with Gasteiger partial charge >= 0.3 is 0 Å². The number of nitrogens with one attached hydrogen (secondary N) is 1. The predicted octanol–water partition coefficient (Wildman–Crippen LogP) is 6.11. The van der Waals surface area contributed by atoms with Gasteiger partial charge in [-0.05, 0) is 42.0 Å². The predicted molar refractivity (Wildman–Crippen MR) is 104 cm³/mol. The molecule has 0 unspecified atom stereocenters. The second-order valence-corrected chi connectivity index (χ2v) is 8.17. The molecule has 0 fully saturated rings. The number of anilines is 1. The summed E-state index contributed by atoms with van der Waals surface area (Å²) in [6, 6.07) is 18.5. The maximum Gasteiger partial charge on any atom is 0.261 e. The molecule has 0 saturated heterocycles. The van der Waals surface area contributed by atoms with Gasteiger partial charge in [-0.25, -0.2) is 8.42 Å². The largest absolute Gasteiger partial charge is 0.279 e. The maximum atomic E-state index is 12.7. The number of hydrogen-bond acceptors (Lipinski definition) is 2. The molecule has 1 N–H and O–H groups in total. The summed E-state index contributed by atoms with van der Waals surface area (Å²) in [5.41, 5.74) is 1.94. The zero-order chi connectivity index (χ0) is 18.0. The molecule has 3 rings (SSSR count). The minimum absolute atomic E-state index is 0.0239. The third kappa shape index (κ3) is 4.10. The molecule has 0 spiro atoms. The second kappa shape index (κ2) is 7.26. The van der Waals surface area contributed by atoms with Gasteiger partial charge in [-0.2, -0.15) is 0 Å². The summed E-state index contributed by atoms with van der Waals surface area (Å²) >= 11 is 17.9. The molecule has 0 amide bonds. The number of benzene rings is 3. The molecule has 25 heavy (non-hydrogen) atoms. The first kappa shape index (κ1) is 18.1. The Morgan fingerprint density at radius 3 is 2.16 bits per heavy atom. The van der Waals surface area contributed by atoms with Gasteiger partial charge in [-0.15, -0.1) is 0 Å². The summed E-state index contributed by atoms with van der Waals surface area (Å²) in [5, 5.41) is 0.970. The van der Waals surface area contributed by atoms with Crippen molar-refractivity contribution in [2.24, 2.45) is 0 Å². The summed E-state index contributed by atoms with van der Waals surface area (Å²) in [4.78, 5) is 0.0239. The van der Waals surface area contributed by atoms with E-state index in [1.807, 2.05) is 30.3 Å². The third-order valence-electron chi connectivity index (χ3n) is 3.51. The Hall–Kier alpha value is -1.72. The van der Waals surface area contributed by atoms with Gasteiger partial charge in [-0.1, -0.05) is 65.1 Å². The van der Waals surface area contributed by atoms with E-state index in [1.165, 1.54) is 18.2 Å². The second-order valence-electron chi connectivity index (χ2n) is 5.24. The SMILES string of the molecule is O=S(=O)(Nc1ccc(Cl)cc1-c1ccccc1)c1ccc(Cl)c(Cl)c1. The normalized spacial score (nSPS) is 11.3. The smallest absolute Gasteiger partial charge is 0.261 e. The Balaban J connectivity index is 2.04. The van der Waals surface area contributed by atoms with Crippen LogP contribution in [0, 0.1) is 0 Å². The summed E-state index contributed by atoms with van der Waals surface area (Å²) in [6.45, 7) is 0. The lowest BCUT2D eigenvalue weighted by molar-refractivity contribution is 0.601. The van der Waals surface area contributed by atoms with Crippen molar-refractivity contribution in [3.05, 3.63) is 81.8 Å². The van der Waals surface area contributed by atoms with Gasteiger partial charge in [0.25, 0.3) is 10.0 Å². The Morgan fingerprint density at radius 1 is 0.760 bits per heavy atom. The van der Waals surface area contributed by atoms with Gasteiger partial charge in [0, 0.05) is 10.6 Å². The molecule has 128 valence electrons. The number of rotatable bonds is 4. The average Bonchev–Trinajstić information content (AvgIpc) is 2.59. The van der Waals surface area contributed by atoms with E-state index in [0.717, 1.165) is 5.56 Å². The Kier molecular flexibility index (Phi) is 5.25. The molecule has 0 aromatic heterocycles. The van der Waals surface area contributed by atoms with E-state index in [1.54, 1.807) is 18.2 Å². The summed E-state index contributed by atoms with van der Waals surface area (Å²) < 4.78 is 28.0. The van der Waals surface area contributed by atoms with Crippen LogP contribution in [0.2, 0.25) is 15.1 Å². The summed E-state index contributed by atoms with van der Waals surface area (Å²) in [7, 11) is -3.83. The molecule has 3 aromatic rings. The van der Waals surface area contributed by atoms with Crippen LogP contribution < -0.4 is 4.72 Å². The van der Waals surface area contributed by atoms with E-state index < -0.39 is 10.0 Å². The Morgan fingerprint density at radius 2 is 1.48 bits per heavy atom. The van der Waals surface area contributed by atoms with Crippen molar-refractivity contribution in [1.82, 2.24) is 0 Å². The van der Waals surface area contributed by atoms with Gasteiger partial charge in [0.05, 0.1) is 20.6 Å². The molecular weight excluding hydrogens is 401 g/mol. The fourth-order valence-electron chi connectivity index (χ4n) is 2.31. The summed E-state index contributed by atoms with van der Waals surface area (Å²) in [5.74, 6) is 0. The molecule has 7 heteroatoms. The molecule has 0 bridgehead atoms. The zero-order valence-electron chi connectivity index (χ0n) is 12.7. The molecule has 3 aromatic carbocycles. The first-order chi connectivity index (χ1) is 11.9. The van der Waals surface area contributed by atoms with Crippen LogP contribution in [0.1, 0.15) is 0 Å². The lowest BCUT2D eigenvalue weighted by Crippen LogP contribution is -2.13. The molecule has 0 radical (unpaired) electrons. The van der Waals surface area contributed by atoms with Crippen molar-refractivity contribution in [2.75, 3.05) is 4.72 Å². The van der Waals surface area contributed by atoms with E-state index in [0.29, 0.717) is 16.3 Å². The minimum atomic E-state index is -3.83. The number of halogens is 3. The van der Waals surface area contributed by atoms with Gasteiger partial charge in [-0.3, -0.25) is 4.72 Å². The molecule has 0 aliphatic rings. The van der Waals surface area contributed by atoms with Crippen molar-refractivity contribution in [1.29, 1.82) is 0 Å². The van der Waals surface area contributed by atoms with Gasteiger partial charge in [0.1, 0.15) is 0 Å². The Labute approximate surface area is 161 Å². The fourth-order valence-corrected chi connectivity index (χ4v) is 3.95. The van der Waals surface area contributed by atoms with E-state index in [9.17, 15) is 8.42 Å². The van der Waals surface area contributed by atoms with Crippen molar-refractivity contribution in [3.63, 3.8) is 0 Å². The van der Waals surface area contributed by atoms with E-state index >= 15 is 0 Å². The van der Waals surface area contributed by atoms with E-state index in [-0.39, 0.29) is 14.9 Å². The molecule has 0 aliphatic heterocycles. The van der Waals surface area contributed by atoms with Crippen molar-refractivity contribution in [3.8, 4) is 11.1 Å². The van der Waals surface area contributed by atoms with E-state index in [2.05, 4.69) is 4.72 Å². The zero-order valence-corrected chi connectivity index (χ0v) is 15.8.